The Labute approximate surface area is 171 Å². The van der Waals surface area contributed by atoms with E-state index in [9.17, 15) is 9.59 Å². The molecule has 2 saturated heterocycles. The normalized spacial score (nSPS) is 23.1. The lowest BCUT2D eigenvalue weighted by Gasteiger charge is -2.40. The van der Waals surface area contributed by atoms with Crippen LogP contribution >= 0.6 is 0 Å². The number of cyclic esters (lactones) is 1. The van der Waals surface area contributed by atoms with E-state index in [4.69, 9.17) is 4.74 Å². The SMILES string of the molecule is Cn1ccnc1[C@H](c1ccccc1)N1CCN(C(=O)[C@@H]2CC(=O)OC2(C)C)CC1. The van der Waals surface area contributed by atoms with E-state index in [1.54, 1.807) is 0 Å². The second kappa shape index (κ2) is 7.63. The number of piperazine rings is 1. The van der Waals surface area contributed by atoms with Gasteiger partial charge in [0.1, 0.15) is 11.4 Å². The number of ether oxygens (including phenoxy) is 1. The van der Waals surface area contributed by atoms with Gasteiger partial charge in [0.05, 0.1) is 18.4 Å². The Morgan fingerprint density at radius 1 is 1.17 bits per heavy atom. The fourth-order valence-electron chi connectivity index (χ4n) is 4.42. The maximum Gasteiger partial charge on any atom is 0.307 e. The molecule has 1 amide bonds. The highest BCUT2D eigenvalue weighted by Crippen LogP contribution is 2.34. The fourth-order valence-corrected chi connectivity index (χ4v) is 4.42. The van der Waals surface area contributed by atoms with Crippen molar-refractivity contribution in [1.29, 1.82) is 0 Å². The summed E-state index contributed by atoms with van der Waals surface area (Å²) in [6.07, 6.45) is 3.96. The van der Waals surface area contributed by atoms with E-state index in [2.05, 4.69) is 26.6 Å². The molecular formula is C22H28N4O3. The number of carbonyl (C=O) groups is 2. The van der Waals surface area contributed by atoms with E-state index in [0.29, 0.717) is 13.1 Å². The van der Waals surface area contributed by atoms with Gasteiger partial charge in [-0.1, -0.05) is 30.3 Å². The lowest BCUT2D eigenvalue weighted by Crippen LogP contribution is -2.53. The van der Waals surface area contributed by atoms with Gasteiger partial charge in [-0.15, -0.1) is 0 Å². The van der Waals surface area contributed by atoms with Crippen molar-refractivity contribution in [2.24, 2.45) is 13.0 Å². The highest BCUT2D eigenvalue weighted by atomic mass is 16.6. The molecule has 4 rings (SSSR count). The number of nitrogens with zero attached hydrogens (tertiary/aromatic N) is 4. The first-order valence-corrected chi connectivity index (χ1v) is 10.1. The van der Waals surface area contributed by atoms with Crippen LogP contribution in [0.2, 0.25) is 0 Å². The molecule has 154 valence electrons. The molecule has 2 fully saturated rings. The van der Waals surface area contributed by atoms with Crippen LogP contribution in [-0.2, 0) is 21.4 Å². The smallest absolute Gasteiger partial charge is 0.307 e. The molecule has 0 aliphatic carbocycles. The lowest BCUT2D eigenvalue weighted by molar-refractivity contribution is -0.149. The van der Waals surface area contributed by atoms with E-state index in [1.165, 1.54) is 5.56 Å². The summed E-state index contributed by atoms with van der Waals surface area (Å²) >= 11 is 0. The number of hydrogen-bond acceptors (Lipinski definition) is 5. The summed E-state index contributed by atoms with van der Waals surface area (Å²) in [5.74, 6) is 0.326. The highest BCUT2D eigenvalue weighted by Gasteiger charge is 2.48. The average Bonchev–Trinajstić information content (AvgIpc) is 3.24. The van der Waals surface area contributed by atoms with Crippen molar-refractivity contribution < 1.29 is 14.3 Å². The summed E-state index contributed by atoms with van der Waals surface area (Å²) in [6, 6.07) is 10.4. The Morgan fingerprint density at radius 2 is 1.86 bits per heavy atom. The van der Waals surface area contributed by atoms with Crippen molar-refractivity contribution in [3.8, 4) is 0 Å². The van der Waals surface area contributed by atoms with Gasteiger partial charge in [0, 0.05) is 45.6 Å². The minimum atomic E-state index is -0.731. The van der Waals surface area contributed by atoms with Gasteiger partial charge >= 0.3 is 5.97 Å². The molecular weight excluding hydrogens is 368 g/mol. The number of benzene rings is 1. The van der Waals surface area contributed by atoms with Crippen LogP contribution in [0.4, 0.5) is 0 Å². The van der Waals surface area contributed by atoms with Crippen LogP contribution in [0.3, 0.4) is 0 Å². The van der Waals surface area contributed by atoms with Crippen LogP contribution in [-0.4, -0.2) is 63.0 Å². The Balaban J connectivity index is 1.49. The van der Waals surface area contributed by atoms with Crippen LogP contribution in [0.15, 0.2) is 42.7 Å². The molecule has 0 N–H and O–H groups in total. The predicted octanol–water partition coefficient (Wildman–Crippen LogP) is 2.00. The van der Waals surface area contributed by atoms with Crippen molar-refractivity contribution in [2.75, 3.05) is 26.2 Å². The lowest BCUT2D eigenvalue weighted by atomic mass is 9.89. The molecule has 2 aliphatic rings. The van der Waals surface area contributed by atoms with E-state index in [-0.39, 0.29) is 24.3 Å². The fraction of sp³-hybridized carbons (Fsp3) is 0.500. The van der Waals surface area contributed by atoms with Gasteiger partial charge in [0.15, 0.2) is 0 Å². The van der Waals surface area contributed by atoms with Crippen molar-refractivity contribution in [2.45, 2.75) is 31.9 Å². The van der Waals surface area contributed by atoms with Crippen LogP contribution in [0.1, 0.15) is 37.7 Å². The van der Waals surface area contributed by atoms with Gasteiger partial charge in [-0.05, 0) is 19.4 Å². The highest BCUT2D eigenvalue weighted by molar-refractivity contribution is 5.87. The molecule has 0 saturated carbocycles. The monoisotopic (exact) mass is 396 g/mol. The second-order valence-corrected chi connectivity index (χ2v) is 8.41. The molecule has 0 unspecified atom stereocenters. The molecule has 1 aromatic carbocycles. The molecule has 29 heavy (non-hydrogen) atoms. The van der Waals surface area contributed by atoms with Gasteiger partial charge < -0.3 is 14.2 Å². The van der Waals surface area contributed by atoms with E-state index < -0.39 is 11.5 Å². The number of aryl methyl sites for hydroxylation is 1. The Bertz CT molecular complexity index is 884. The molecule has 2 atom stereocenters. The summed E-state index contributed by atoms with van der Waals surface area (Å²) in [6.45, 7) is 6.41. The quantitative estimate of drug-likeness (QED) is 0.740. The first-order valence-electron chi connectivity index (χ1n) is 10.1. The van der Waals surface area contributed by atoms with Crippen molar-refractivity contribution in [3.63, 3.8) is 0 Å². The number of esters is 1. The third-order valence-corrected chi connectivity index (χ3v) is 6.09. The van der Waals surface area contributed by atoms with Crippen LogP contribution < -0.4 is 0 Å². The zero-order valence-electron chi connectivity index (χ0n) is 17.2. The first-order chi connectivity index (χ1) is 13.9. The van der Waals surface area contributed by atoms with Gasteiger partial charge in [-0.3, -0.25) is 14.5 Å². The molecule has 1 aromatic heterocycles. The summed E-state index contributed by atoms with van der Waals surface area (Å²) in [7, 11) is 2.01. The van der Waals surface area contributed by atoms with Gasteiger partial charge in [0.2, 0.25) is 5.91 Å². The number of hydrogen-bond donors (Lipinski definition) is 0. The first kappa shape index (κ1) is 19.6. The maximum atomic E-state index is 13.0. The van der Waals surface area contributed by atoms with Crippen LogP contribution in [0, 0.1) is 5.92 Å². The van der Waals surface area contributed by atoms with Gasteiger partial charge in [-0.2, -0.15) is 0 Å². The van der Waals surface area contributed by atoms with Crippen molar-refractivity contribution in [1.82, 2.24) is 19.4 Å². The topological polar surface area (TPSA) is 67.7 Å². The number of imidazole rings is 1. The number of amides is 1. The molecule has 3 heterocycles. The summed E-state index contributed by atoms with van der Waals surface area (Å²) in [5, 5.41) is 0. The Morgan fingerprint density at radius 3 is 2.41 bits per heavy atom. The summed E-state index contributed by atoms with van der Waals surface area (Å²) < 4.78 is 7.40. The predicted molar refractivity (Wildman–Crippen MR) is 108 cm³/mol. The van der Waals surface area contributed by atoms with Crippen LogP contribution in [0.25, 0.3) is 0 Å². The minimum absolute atomic E-state index is 0.0220. The molecule has 2 aromatic rings. The Kier molecular flexibility index (Phi) is 5.17. The molecule has 7 nitrogen and oxygen atoms in total. The molecule has 7 heteroatoms. The third-order valence-electron chi connectivity index (χ3n) is 6.09. The van der Waals surface area contributed by atoms with E-state index in [0.717, 1.165) is 18.9 Å². The largest absolute Gasteiger partial charge is 0.459 e. The summed E-state index contributed by atoms with van der Waals surface area (Å²) in [5.41, 5.74) is 0.461. The average molecular weight is 396 g/mol. The van der Waals surface area contributed by atoms with Crippen molar-refractivity contribution >= 4 is 11.9 Å². The van der Waals surface area contributed by atoms with Crippen molar-refractivity contribution in [3.05, 3.63) is 54.1 Å². The molecule has 2 aliphatic heterocycles. The van der Waals surface area contributed by atoms with E-state index >= 15 is 0 Å². The van der Waals surface area contributed by atoms with Gasteiger partial charge in [0.25, 0.3) is 0 Å². The maximum absolute atomic E-state index is 13.0. The minimum Gasteiger partial charge on any atom is -0.459 e. The standard InChI is InChI=1S/C22H28N4O3/c1-22(2)17(15-18(27)29-22)21(28)26-13-11-25(12-14-26)19(16-7-5-4-6-8-16)20-23-9-10-24(20)3/h4-10,17,19H,11-15H2,1-3H3/t17-,19-/m0/s1. The zero-order valence-corrected chi connectivity index (χ0v) is 17.2. The number of rotatable bonds is 4. The second-order valence-electron chi connectivity index (χ2n) is 8.41. The molecule has 0 radical (unpaired) electrons. The molecule has 0 spiro atoms. The Hall–Kier alpha value is -2.67. The van der Waals surface area contributed by atoms with Crippen LogP contribution in [0.5, 0.6) is 0 Å². The molecule has 0 bridgehead atoms. The van der Waals surface area contributed by atoms with E-state index in [1.807, 2.05) is 56.4 Å². The summed E-state index contributed by atoms with van der Waals surface area (Å²) in [4.78, 5) is 33.6. The number of aromatic nitrogens is 2. The zero-order chi connectivity index (χ0) is 20.6. The van der Waals surface area contributed by atoms with Gasteiger partial charge in [-0.25, -0.2) is 4.98 Å². The third kappa shape index (κ3) is 3.79. The number of carbonyl (C=O) groups excluding carboxylic acids is 2.